The summed E-state index contributed by atoms with van der Waals surface area (Å²) in [5, 5.41) is 15.5. The van der Waals surface area contributed by atoms with Gasteiger partial charge in [0.15, 0.2) is 0 Å². The predicted molar refractivity (Wildman–Crippen MR) is 31.8 cm³/mol. The van der Waals surface area contributed by atoms with Crippen LogP contribution in [0.4, 0.5) is 4.39 Å². The second-order valence-corrected chi connectivity index (χ2v) is 2.02. The van der Waals surface area contributed by atoms with E-state index in [2.05, 4.69) is 10.2 Å². The number of hydrogen-bond donors (Lipinski definition) is 1. The van der Waals surface area contributed by atoms with Crippen molar-refractivity contribution in [2.75, 3.05) is 0 Å². The lowest BCUT2D eigenvalue weighted by Crippen LogP contribution is -2.15. The summed E-state index contributed by atoms with van der Waals surface area (Å²) in [7, 11) is 0. The van der Waals surface area contributed by atoms with Gasteiger partial charge in [0.1, 0.15) is 18.8 Å². The summed E-state index contributed by atoms with van der Waals surface area (Å²) in [5.74, 6) is 0. The number of hydrogen-bond acceptors (Lipinski definition) is 3. The first-order valence-corrected chi connectivity index (χ1v) is 2.88. The molecule has 0 radical (unpaired) electrons. The van der Waals surface area contributed by atoms with Crippen LogP contribution in [0.3, 0.4) is 0 Å². The summed E-state index contributed by atoms with van der Waals surface area (Å²) in [5.41, 5.74) is 0. The molecular formula is C5H8FN3O. The largest absolute Gasteiger partial charge is 0.388 e. The first kappa shape index (κ1) is 7.14. The summed E-state index contributed by atoms with van der Waals surface area (Å²) < 4.78 is 13.8. The molecule has 0 bridgehead atoms. The highest BCUT2D eigenvalue weighted by Crippen LogP contribution is 2.10. The average molecular weight is 145 g/mol. The fourth-order valence-corrected chi connectivity index (χ4v) is 0.585. The normalized spacial score (nSPS) is 16.7. The molecule has 5 heteroatoms. The Morgan fingerprint density at radius 1 is 1.50 bits per heavy atom. The van der Waals surface area contributed by atoms with Gasteiger partial charge in [0.2, 0.25) is 6.30 Å². The maximum absolute atomic E-state index is 12.7. The molecule has 0 amide bonds. The number of rotatable bonds is 2. The number of alkyl halides is 1. The van der Waals surface area contributed by atoms with Crippen molar-refractivity contribution in [1.29, 1.82) is 0 Å². The molecule has 1 aromatic rings. The van der Waals surface area contributed by atoms with Gasteiger partial charge in [-0.3, -0.25) is 4.57 Å². The van der Waals surface area contributed by atoms with Crippen LogP contribution >= 0.6 is 0 Å². The van der Waals surface area contributed by atoms with Crippen LogP contribution in [0.15, 0.2) is 12.7 Å². The molecule has 0 aliphatic heterocycles. The molecule has 10 heavy (non-hydrogen) atoms. The second-order valence-electron chi connectivity index (χ2n) is 2.02. The minimum absolute atomic E-state index is 1.03. The van der Waals surface area contributed by atoms with E-state index in [0.29, 0.717) is 0 Å². The van der Waals surface area contributed by atoms with Gasteiger partial charge >= 0.3 is 0 Å². The molecule has 0 saturated carbocycles. The van der Waals surface area contributed by atoms with Gasteiger partial charge in [-0.15, -0.1) is 10.2 Å². The molecule has 4 nitrogen and oxygen atoms in total. The number of aliphatic hydroxyl groups is 1. The summed E-state index contributed by atoms with van der Waals surface area (Å²) in [6, 6.07) is 0. The molecule has 2 unspecified atom stereocenters. The minimum Gasteiger partial charge on any atom is -0.388 e. The van der Waals surface area contributed by atoms with E-state index >= 15 is 0 Å². The first-order chi connectivity index (χ1) is 4.72. The van der Waals surface area contributed by atoms with Gasteiger partial charge in [-0.25, -0.2) is 4.39 Å². The van der Waals surface area contributed by atoms with Crippen LogP contribution in [-0.4, -0.2) is 26.0 Å². The maximum atomic E-state index is 12.7. The van der Waals surface area contributed by atoms with Gasteiger partial charge in [-0.05, 0) is 6.92 Å². The van der Waals surface area contributed by atoms with Gasteiger partial charge in [0.05, 0.1) is 0 Å². The molecule has 1 aromatic heterocycles. The third-order valence-electron chi connectivity index (χ3n) is 1.12. The van der Waals surface area contributed by atoms with Crippen LogP contribution in [0.2, 0.25) is 0 Å². The lowest BCUT2D eigenvalue weighted by atomic mass is 10.4. The van der Waals surface area contributed by atoms with Crippen LogP contribution in [0, 0.1) is 0 Å². The van der Waals surface area contributed by atoms with Crippen LogP contribution in [0.25, 0.3) is 0 Å². The van der Waals surface area contributed by atoms with Crippen molar-refractivity contribution in [1.82, 2.24) is 14.8 Å². The Kier molecular flexibility index (Phi) is 1.96. The standard InChI is InChI=1S/C5H8FN3O/c1-4(10)5(6)9-2-7-8-3-9/h2-5,10H,1H3. The summed E-state index contributed by atoms with van der Waals surface area (Å²) in [4.78, 5) is 0. The molecule has 0 saturated heterocycles. The van der Waals surface area contributed by atoms with E-state index in [9.17, 15) is 4.39 Å². The fourth-order valence-electron chi connectivity index (χ4n) is 0.585. The SMILES string of the molecule is CC(O)C(F)n1cnnc1. The monoisotopic (exact) mass is 145 g/mol. The van der Waals surface area contributed by atoms with E-state index in [1.165, 1.54) is 19.6 Å². The Labute approximate surface area is 57.3 Å². The molecule has 1 heterocycles. The number of aliphatic hydroxyl groups excluding tert-OH is 1. The maximum Gasteiger partial charge on any atom is 0.203 e. The fraction of sp³-hybridized carbons (Fsp3) is 0.600. The zero-order valence-corrected chi connectivity index (χ0v) is 5.48. The molecule has 0 fully saturated rings. The van der Waals surface area contributed by atoms with E-state index in [0.717, 1.165) is 4.57 Å². The molecule has 0 spiro atoms. The van der Waals surface area contributed by atoms with Crippen molar-refractivity contribution < 1.29 is 9.50 Å². The highest BCUT2D eigenvalue weighted by atomic mass is 19.1. The van der Waals surface area contributed by atoms with Crippen molar-refractivity contribution in [3.63, 3.8) is 0 Å². The third kappa shape index (κ3) is 1.30. The zero-order valence-electron chi connectivity index (χ0n) is 5.48. The average Bonchev–Trinajstić information content (AvgIpc) is 2.36. The quantitative estimate of drug-likeness (QED) is 0.643. The van der Waals surface area contributed by atoms with E-state index in [4.69, 9.17) is 5.11 Å². The first-order valence-electron chi connectivity index (χ1n) is 2.88. The van der Waals surface area contributed by atoms with Gasteiger partial charge in [0, 0.05) is 0 Å². The summed E-state index contributed by atoms with van der Waals surface area (Å²) >= 11 is 0. The van der Waals surface area contributed by atoms with Crippen molar-refractivity contribution in [3.8, 4) is 0 Å². The van der Waals surface area contributed by atoms with Crippen LogP contribution in [0.1, 0.15) is 13.2 Å². The van der Waals surface area contributed by atoms with Crippen molar-refractivity contribution >= 4 is 0 Å². The number of aromatic nitrogens is 3. The molecule has 1 N–H and O–H groups in total. The molecule has 0 aliphatic carbocycles. The van der Waals surface area contributed by atoms with Crippen LogP contribution in [-0.2, 0) is 0 Å². The molecule has 0 aliphatic rings. The van der Waals surface area contributed by atoms with Gasteiger partial charge in [-0.1, -0.05) is 0 Å². The lowest BCUT2D eigenvalue weighted by molar-refractivity contribution is 0.0480. The van der Waals surface area contributed by atoms with Gasteiger partial charge < -0.3 is 5.11 Å². The highest BCUT2D eigenvalue weighted by Gasteiger charge is 2.13. The number of halogens is 1. The minimum atomic E-state index is -1.45. The van der Waals surface area contributed by atoms with Crippen LogP contribution < -0.4 is 0 Å². The third-order valence-corrected chi connectivity index (χ3v) is 1.12. The summed E-state index contributed by atoms with van der Waals surface area (Å²) in [6.45, 7) is 1.37. The van der Waals surface area contributed by atoms with E-state index in [1.54, 1.807) is 0 Å². The predicted octanol–water partition coefficient (Wildman–Crippen LogP) is 0.127. The number of nitrogens with zero attached hydrogens (tertiary/aromatic N) is 3. The Morgan fingerprint density at radius 3 is 2.40 bits per heavy atom. The smallest absolute Gasteiger partial charge is 0.203 e. The van der Waals surface area contributed by atoms with Crippen LogP contribution in [0.5, 0.6) is 0 Å². The van der Waals surface area contributed by atoms with Crippen molar-refractivity contribution in [3.05, 3.63) is 12.7 Å². The zero-order chi connectivity index (χ0) is 7.56. The topological polar surface area (TPSA) is 50.9 Å². The van der Waals surface area contributed by atoms with Gasteiger partial charge in [0.25, 0.3) is 0 Å². The van der Waals surface area contributed by atoms with E-state index in [-0.39, 0.29) is 0 Å². The van der Waals surface area contributed by atoms with Crippen molar-refractivity contribution in [2.45, 2.75) is 19.3 Å². The molecule has 0 aromatic carbocycles. The lowest BCUT2D eigenvalue weighted by Gasteiger charge is -2.10. The highest BCUT2D eigenvalue weighted by molar-refractivity contribution is 4.68. The van der Waals surface area contributed by atoms with Crippen molar-refractivity contribution in [2.24, 2.45) is 0 Å². The molecule has 1 rings (SSSR count). The molecule has 56 valence electrons. The Hall–Kier alpha value is -0.970. The van der Waals surface area contributed by atoms with E-state index in [1.807, 2.05) is 0 Å². The second kappa shape index (κ2) is 2.74. The summed E-state index contributed by atoms with van der Waals surface area (Å²) in [6.07, 6.45) is -0.0413. The Morgan fingerprint density at radius 2 is 2.00 bits per heavy atom. The Balaban J connectivity index is 2.68. The van der Waals surface area contributed by atoms with E-state index < -0.39 is 12.4 Å². The molecule has 2 atom stereocenters. The molecular weight excluding hydrogens is 137 g/mol. The Bertz CT molecular complexity index is 187. The van der Waals surface area contributed by atoms with Gasteiger partial charge in [-0.2, -0.15) is 0 Å².